The average Bonchev–Trinajstić information content (AvgIpc) is 2.05. The van der Waals surface area contributed by atoms with Crippen LogP contribution in [0.2, 0.25) is 0 Å². The van der Waals surface area contributed by atoms with Gasteiger partial charge >= 0.3 is 5.97 Å². The number of rotatable bonds is 2. The fourth-order valence-electron chi connectivity index (χ4n) is 0.137. The molecular formula is C9H11NO4. The van der Waals surface area contributed by atoms with Crippen LogP contribution in [0.25, 0.3) is 0 Å². The first-order valence-corrected chi connectivity index (χ1v) is 3.49. The summed E-state index contributed by atoms with van der Waals surface area (Å²) in [6.45, 7) is 9.33. The second kappa shape index (κ2) is 7.64. The van der Waals surface area contributed by atoms with E-state index >= 15 is 0 Å². The van der Waals surface area contributed by atoms with Crippen molar-refractivity contribution < 1.29 is 19.5 Å². The van der Waals surface area contributed by atoms with Gasteiger partial charge in [0.2, 0.25) is 6.08 Å². The van der Waals surface area contributed by atoms with Crippen molar-refractivity contribution in [2.45, 2.75) is 13.8 Å². The zero-order valence-electron chi connectivity index (χ0n) is 8.03. The highest BCUT2D eigenvalue weighted by Gasteiger charge is 1.94. The molecule has 0 saturated heterocycles. The second-order valence-corrected chi connectivity index (χ2v) is 2.37. The van der Waals surface area contributed by atoms with Crippen molar-refractivity contribution in [1.82, 2.24) is 0 Å². The molecule has 5 heteroatoms. The molecule has 14 heavy (non-hydrogen) atoms. The summed E-state index contributed by atoms with van der Waals surface area (Å²) in [6.07, 6.45) is 1.11. The van der Waals surface area contributed by atoms with Gasteiger partial charge in [-0.3, -0.25) is 4.79 Å². The van der Waals surface area contributed by atoms with Crippen LogP contribution in [0.15, 0.2) is 29.3 Å². The Balaban J connectivity index is 0. The maximum Gasteiger partial charge on any atom is 0.330 e. The topological polar surface area (TPSA) is 83.8 Å². The number of amides is 1. The van der Waals surface area contributed by atoms with Gasteiger partial charge < -0.3 is 5.11 Å². The van der Waals surface area contributed by atoms with Crippen molar-refractivity contribution in [2.75, 3.05) is 0 Å². The lowest BCUT2D eigenvalue weighted by Gasteiger charge is -1.80. The van der Waals surface area contributed by atoms with Gasteiger partial charge in [0.15, 0.2) is 0 Å². The third-order valence-corrected chi connectivity index (χ3v) is 0.877. The molecule has 0 aliphatic heterocycles. The number of hydrogen-bond acceptors (Lipinski definition) is 3. The number of hydrogen-bond donors (Lipinski definition) is 1. The molecule has 0 unspecified atom stereocenters. The van der Waals surface area contributed by atoms with Gasteiger partial charge in [-0.25, -0.2) is 9.59 Å². The van der Waals surface area contributed by atoms with Gasteiger partial charge in [0.05, 0.1) is 0 Å². The van der Waals surface area contributed by atoms with Crippen LogP contribution in [-0.4, -0.2) is 23.1 Å². The Labute approximate surface area is 81.5 Å². The number of aliphatic imine (C=N–C) groups is 1. The lowest BCUT2D eigenvalue weighted by molar-refractivity contribution is -0.132. The Morgan fingerprint density at radius 1 is 1.21 bits per heavy atom. The summed E-state index contributed by atoms with van der Waals surface area (Å²) in [7, 11) is 0. The highest BCUT2D eigenvalue weighted by Crippen LogP contribution is 1.87. The smallest absolute Gasteiger partial charge is 0.330 e. The number of carboxylic acids is 1. The molecule has 0 aliphatic rings. The van der Waals surface area contributed by atoms with Crippen molar-refractivity contribution in [3.8, 4) is 0 Å². The summed E-state index contributed by atoms with van der Waals surface area (Å²) < 4.78 is 0. The van der Waals surface area contributed by atoms with Crippen LogP contribution >= 0.6 is 0 Å². The van der Waals surface area contributed by atoms with Gasteiger partial charge in [-0.1, -0.05) is 13.2 Å². The van der Waals surface area contributed by atoms with Gasteiger partial charge in [-0.15, -0.1) is 4.99 Å². The van der Waals surface area contributed by atoms with Crippen LogP contribution in [0.4, 0.5) is 0 Å². The van der Waals surface area contributed by atoms with Crippen LogP contribution in [0.3, 0.4) is 0 Å². The zero-order chi connectivity index (χ0) is 11.7. The minimum Gasteiger partial charge on any atom is -0.478 e. The Bertz CT molecular complexity index is 295. The molecule has 1 N–H and O–H groups in total. The first kappa shape index (κ1) is 14.5. The molecule has 1 amide bonds. The second-order valence-electron chi connectivity index (χ2n) is 2.37. The van der Waals surface area contributed by atoms with E-state index in [0.29, 0.717) is 0 Å². The van der Waals surface area contributed by atoms with Crippen LogP contribution in [0.5, 0.6) is 0 Å². The summed E-state index contributed by atoms with van der Waals surface area (Å²) >= 11 is 0. The Hall–Kier alpha value is -2.00. The van der Waals surface area contributed by atoms with E-state index in [2.05, 4.69) is 18.2 Å². The molecule has 0 aromatic rings. The highest BCUT2D eigenvalue weighted by molar-refractivity contribution is 5.95. The first-order valence-electron chi connectivity index (χ1n) is 3.49. The predicted octanol–water partition coefficient (Wildman–Crippen LogP) is 1.07. The molecule has 76 valence electrons. The third kappa shape index (κ3) is 10.0. The number of carboxylic acid groups (broad SMARTS) is 1. The first-order chi connectivity index (χ1) is 6.32. The minimum atomic E-state index is -0.935. The molecule has 0 aromatic carbocycles. The standard InChI is InChI=1S/C5H5NO2.C4H6O2/c1-4(2)5(8)6-3-7;1-3(2)4(5)6/h1H2,2H3;1H2,2H3,(H,5,6). The largest absolute Gasteiger partial charge is 0.478 e. The highest BCUT2D eigenvalue weighted by atomic mass is 16.4. The predicted molar refractivity (Wildman–Crippen MR) is 50.4 cm³/mol. The number of carbonyl (C=O) groups excluding carboxylic acids is 2. The monoisotopic (exact) mass is 197 g/mol. The van der Waals surface area contributed by atoms with E-state index in [0.717, 1.165) is 6.08 Å². The van der Waals surface area contributed by atoms with Crippen molar-refractivity contribution in [3.63, 3.8) is 0 Å². The summed E-state index contributed by atoms with van der Waals surface area (Å²) in [6, 6.07) is 0. The molecule has 0 heterocycles. The fourth-order valence-corrected chi connectivity index (χ4v) is 0.137. The van der Waals surface area contributed by atoms with E-state index in [4.69, 9.17) is 5.11 Å². The van der Waals surface area contributed by atoms with Gasteiger partial charge in [0, 0.05) is 11.1 Å². The molecule has 0 rings (SSSR count). The van der Waals surface area contributed by atoms with E-state index in [1.165, 1.54) is 13.8 Å². The minimum absolute atomic E-state index is 0.176. The Morgan fingerprint density at radius 3 is 1.64 bits per heavy atom. The lowest BCUT2D eigenvalue weighted by atomic mass is 10.3. The number of nitrogens with zero attached hydrogens (tertiary/aromatic N) is 1. The average molecular weight is 197 g/mol. The molecule has 5 nitrogen and oxygen atoms in total. The molecule has 0 atom stereocenters. The molecule has 0 aliphatic carbocycles. The van der Waals surface area contributed by atoms with Gasteiger partial charge in [-0.2, -0.15) is 0 Å². The van der Waals surface area contributed by atoms with Crippen molar-refractivity contribution in [1.29, 1.82) is 0 Å². The Kier molecular flexibility index (Phi) is 7.92. The van der Waals surface area contributed by atoms with E-state index in [1.807, 2.05) is 0 Å². The maximum absolute atomic E-state index is 10.2. The van der Waals surface area contributed by atoms with Gasteiger partial charge in [-0.05, 0) is 13.8 Å². The quantitative estimate of drug-likeness (QED) is 0.407. The van der Waals surface area contributed by atoms with E-state index in [1.54, 1.807) is 0 Å². The molecule has 0 aromatic heterocycles. The number of aliphatic carboxylic acids is 1. The number of carbonyl (C=O) groups is 2. The van der Waals surface area contributed by atoms with Crippen molar-refractivity contribution in [2.24, 2.45) is 4.99 Å². The third-order valence-electron chi connectivity index (χ3n) is 0.877. The Morgan fingerprint density at radius 2 is 1.57 bits per heavy atom. The van der Waals surface area contributed by atoms with Crippen molar-refractivity contribution in [3.05, 3.63) is 24.3 Å². The van der Waals surface area contributed by atoms with Crippen molar-refractivity contribution >= 4 is 18.0 Å². The van der Waals surface area contributed by atoms with Crippen LogP contribution in [0.1, 0.15) is 13.8 Å². The number of isocyanates is 1. The lowest BCUT2D eigenvalue weighted by Crippen LogP contribution is -1.92. The normalized spacial score (nSPS) is 7.29. The van der Waals surface area contributed by atoms with E-state index in [9.17, 15) is 14.4 Å². The summed E-state index contributed by atoms with van der Waals surface area (Å²) in [5.74, 6) is -1.55. The van der Waals surface area contributed by atoms with Gasteiger partial charge in [0.1, 0.15) is 0 Å². The molecule has 0 radical (unpaired) electrons. The summed E-state index contributed by atoms with van der Waals surface area (Å²) in [5, 5.41) is 7.89. The van der Waals surface area contributed by atoms with Crippen LogP contribution < -0.4 is 0 Å². The maximum atomic E-state index is 10.2. The summed E-state index contributed by atoms with van der Waals surface area (Å²) in [4.78, 5) is 32.0. The molecule has 0 bridgehead atoms. The van der Waals surface area contributed by atoms with E-state index in [-0.39, 0.29) is 11.1 Å². The van der Waals surface area contributed by atoms with Gasteiger partial charge in [0.25, 0.3) is 5.91 Å². The van der Waals surface area contributed by atoms with E-state index < -0.39 is 11.9 Å². The zero-order valence-corrected chi connectivity index (χ0v) is 8.03. The molecular weight excluding hydrogens is 186 g/mol. The SMILES string of the molecule is C=C(C)C(=O)N=C=O.C=C(C)C(=O)O. The van der Waals surface area contributed by atoms with Crippen LogP contribution in [-0.2, 0) is 14.4 Å². The fraction of sp³-hybridized carbons (Fsp3) is 0.222. The molecule has 0 spiro atoms. The molecule has 0 fully saturated rings. The summed E-state index contributed by atoms with van der Waals surface area (Å²) in [5.41, 5.74) is 0.420. The van der Waals surface area contributed by atoms with Crippen LogP contribution in [0, 0.1) is 0 Å². The molecule has 0 saturated carbocycles.